The van der Waals surface area contributed by atoms with E-state index in [0.29, 0.717) is 31.6 Å². The molecule has 0 aromatic carbocycles. The van der Waals surface area contributed by atoms with Crippen LogP contribution in [0.25, 0.3) is 0 Å². The van der Waals surface area contributed by atoms with Crippen LogP contribution < -0.4 is 0 Å². The van der Waals surface area contributed by atoms with Crippen LogP contribution >= 0.6 is 0 Å². The Morgan fingerprint density at radius 1 is 1.10 bits per heavy atom. The predicted molar refractivity (Wildman–Crippen MR) is 80.2 cm³/mol. The van der Waals surface area contributed by atoms with Gasteiger partial charge in [0.05, 0.1) is 6.42 Å². The van der Waals surface area contributed by atoms with Crippen molar-refractivity contribution < 1.29 is 14.7 Å². The molecule has 2 fully saturated rings. The molecule has 2 aliphatic rings. The molecule has 0 aliphatic carbocycles. The number of hydrogen-bond acceptors (Lipinski definition) is 3. The maximum atomic E-state index is 12.6. The Labute approximate surface area is 126 Å². The third-order valence-electron chi connectivity index (χ3n) is 4.65. The molecule has 2 unspecified atom stereocenters. The first-order chi connectivity index (χ1) is 9.97. The number of hydrogen-bond donors (Lipinski definition) is 1. The molecule has 6 heteroatoms. The van der Waals surface area contributed by atoms with Gasteiger partial charge in [0, 0.05) is 45.3 Å². The Kier molecular flexibility index (Phi) is 5.45. The van der Waals surface area contributed by atoms with Crippen LogP contribution in [0, 0.1) is 5.92 Å². The summed E-state index contributed by atoms with van der Waals surface area (Å²) in [6, 6.07) is 0.491. The van der Waals surface area contributed by atoms with E-state index >= 15 is 0 Å². The molecule has 21 heavy (non-hydrogen) atoms. The molecule has 0 aromatic rings. The average Bonchev–Trinajstić information content (AvgIpc) is 2.47. The number of carboxylic acid groups (broad SMARTS) is 1. The number of carbonyl (C=O) groups is 2. The Bertz CT molecular complexity index is 380. The van der Waals surface area contributed by atoms with Gasteiger partial charge in [-0.15, -0.1) is 0 Å². The fraction of sp³-hybridized carbons (Fsp3) is 0.867. The highest BCUT2D eigenvalue weighted by molar-refractivity contribution is 5.75. The summed E-state index contributed by atoms with van der Waals surface area (Å²) in [7, 11) is 0. The monoisotopic (exact) mass is 297 g/mol. The number of carboxylic acids is 1. The number of piperidine rings is 1. The number of nitrogens with zero attached hydrogens (tertiary/aromatic N) is 3. The Morgan fingerprint density at radius 3 is 2.38 bits per heavy atom. The van der Waals surface area contributed by atoms with E-state index in [2.05, 4.69) is 18.7 Å². The van der Waals surface area contributed by atoms with Crippen molar-refractivity contribution in [3.8, 4) is 0 Å². The van der Waals surface area contributed by atoms with Crippen LogP contribution in [0.15, 0.2) is 0 Å². The van der Waals surface area contributed by atoms with Crippen LogP contribution in [-0.2, 0) is 4.79 Å². The van der Waals surface area contributed by atoms with Crippen molar-refractivity contribution in [3.63, 3.8) is 0 Å². The molecule has 2 rings (SSSR count). The second-order valence-corrected chi connectivity index (χ2v) is 6.44. The molecule has 2 amide bonds. The van der Waals surface area contributed by atoms with Crippen molar-refractivity contribution in [2.75, 3.05) is 39.3 Å². The fourth-order valence-electron chi connectivity index (χ4n) is 3.15. The van der Waals surface area contributed by atoms with Crippen LogP contribution in [0.1, 0.15) is 33.1 Å². The molecule has 120 valence electrons. The van der Waals surface area contributed by atoms with E-state index in [1.54, 1.807) is 0 Å². The Hall–Kier alpha value is -1.30. The number of rotatable bonds is 3. The van der Waals surface area contributed by atoms with E-state index in [9.17, 15) is 9.59 Å². The minimum absolute atomic E-state index is 0.159. The molecule has 2 atom stereocenters. The third kappa shape index (κ3) is 4.33. The van der Waals surface area contributed by atoms with Crippen LogP contribution in [-0.4, -0.2) is 77.1 Å². The van der Waals surface area contributed by atoms with Gasteiger partial charge in [0.15, 0.2) is 0 Å². The van der Waals surface area contributed by atoms with E-state index in [1.807, 2.05) is 9.80 Å². The smallest absolute Gasteiger partial charge is 0.320 e. The SMILES string of the molecule is CC1CCC(C)N(C(=O)N2CCN(CCC(=O)O)CC2)C1. The summed E-state index contributed by atoms with van der Waals surface area (Å²) in [6.07, 6.45) is 2.47. The van der Waals surface area contributed by atoms with Crippen LogP contribution in [0.5, 0.6) is 0 Å². The quantitative estimate of drug-likeness (QED) is 0.853. The highest BCUT2D eigenvalue weighted by Crippen LogP contribution is 2.23. The number of carbonyl (C=O) groups excluding carboxylic acids is 1. The lowest BCUT2D eigenvalue weighted by Gasteiger charge is -2.42. The fourth-order valence-corrected chi connectivity index (χ4v) is 3.15. The van der Waals surface area contributed by atoms with Gasteiger partial charge in [-0.25, -0.2) is 4.79 Å². The molecule has 0 aromatic heterocycles. The highest BCUT2D eigenvalue weighted by Gasteiger charge is 2.31. The second-order valence-electron chi connectivity index (χ2n) is 6.44. The molecule has 2 heterocycles. The van der Waals surface area contributed by atoms with Gasteiger partial charge >= 0.3 is 12.0 Å². The predicted octanol–water partition coefficient (Wildman–Crippen LogP) is 1.32. The number of amides is 2. The van der Waals surface area contributed by atoms with Crippen LogP contribution in [0.3, 0.4) is 0 Å². The largest absolute Gasteiger partial charge is 0.481 e. The summed E-state index contributed by atoms with van der Waals surface area (Å²) >= 11 is 0. The van der Waals surface area contributed by atoms with E-state index in [4.69, 9.17) is 5.11 Å². The summed E-state index contributed by atoms with van der Waals surface area (Å²) < 4.78 is 0. The van der Waals surface area contributed by atoms with Crippen molar-refractivity contribution in [1.29, 1.82) is 0 Å². The van der Waals surface area contributed by atoms with Crippen molar-refractivity contribution in [2.45, 2.75) is 39.2 Å². The van der Waals surface area contributed by atoms with Gasteiger partial charge in [0.2, 0.25) is 0 Å². The zero-order valence-corrected chi connectivity index (χ0v) is 13.1. The first-order valence-electron chi connectivity index (χ1n) is 7.97. The molecule has 0 radical (unpaired) electrons. The summed E-state index contributed by atoms with van der Waals surface area (Å²) in [5.74, 6) is -0.174. The van der Waals surface area contributed by atoms with Gasteiger partial charge in [-0.1, -0.05) is 6.92 Å². The van der Waals surface area contributed by atoms with Gasteiger partial charge in [0.1, 0.15) is 0 Å². The zero-order chi connectivity index (χ0) is 15.4. The van der Waals surface area contributed by atoms with Crippen molar-refractivity contribution in [1.82, 2.24) is 14.7 Å². The van der Waals surface area contributed by atoms with E-state index in [0.717, 1.165) is 26.1 Å². The minimum atomic E-state index is -0.760. The second kappa shape index (κ2) is 7.11. The Morgan fingerprint density at radius 2 is 1.76 bits per heavy atom. The maximum absolute atomic E-state index is 12.6. The lowest BCUT2D eigenvalue weighted by atomic mass is 9.95. The summed E-state index contributed by atoms with van der Waals surface area (Å²) in [4.78, 5) is 29.3. The first-order valence-corrected chi connectivity index (χ1v) is 7.97. The molecular formula is C15H27N3O3. The highest BCUT2D eigenvalue weighted by atomic mass is 16.4. The van der Waals surface area contributed by atoms with Gasteiger partial charge in [-0.3, -0.25) is 9.69 Å². The number of urea groups is 1. The first kappa shape index (κ1) is 16.1. The van der Waals surface area contributed by atoms with Crippen molar-refractivity contribution >= 4 is 12.0 Å². The molecule has 0 bridgehead atoms. The topological polar surface area (TPSA) is 64.1 Å². The van der Waals surface area contributed by atoms with Crippen LogP contribution in [0.4, 0.5) is 4.79 Å². The lowest BCUT2D eigenvalue weighted by molar-refractivity contribution is -0.137. The molecule has 0 spiro atoms. The molecule has 2 saturated heterocycles. The molecule has 0 saturated carbocycles. The van der Waals surface area contributed by atoms with Gasteiger partial charge in [-0.05, 0) is 25.7 Å². The Balaban J connectivity index is 1.81. The van der Waals surface area contributed by atoms with Gasteiger partial charge in [0.25, 0.3) is 0 Å². The van der Waals surface area contributed by atoms with E-state index in [1.165, 1.54) is 6.42 Å². The minimum Gasteiger partial charge on any atom is -0.481 e. The number of likely N-dealkylation sites (tertiary alicyclic amines) is 1. The molecular weight excluding hydrogens is 270 g/mol. The van der Waals surface area contributed by atoms with Crippen LogP contribution in [0.2, 0.25) is 0 Å². The summed E-state index contributed by atoms with van der Waals surface area (Å²) in [6.45, 7) is 8.73. The van der Waals surface area contributed by atoms with Gasteiger partial charge < -0.3 is 14.9 Å². The molecule has 1 N–H and O–H groups in total. The van der Waals surface area contributed by atoms with Crippen molar-refractivity contribution in [2.24, 2.45) is 5.92 Å². The lowest BCUT2D eigenvalue weighted by Crippen LogP contribution is -2.56. The zero-order valence-electron chi connectivity index (χ0n) is 13.1. The molecule has 6 nitrogen and oxygen atoms in total. The third-order valence-corrected chi connectivity index (χ3v) is 4.65. The standard InChI is InChI=1S/C15H27N3O3/c1-12-3-4-13(2)18(11-12)15(21)17-9-7-16(8-10-17)6-5-14(19)20/h12-13H,3-11H2,1-2H3,(H,19,20). The van der Waals surface area contributed by atoms with Gasteiger partial charge in [-0.2, -0.15) is 0 Å². The van der Waals surface area contributed by atoms with E-state index < -0.39 is 5.97 Å². The van der Waals surface area contributed by atoms with E-state index in [-0.39, 0.29) is 12.5 Å². The average molecular weight is 297 g/mol. The molecule has 2 aliphatic heterocycles. The van der Waals surface area contributed by atoms with Crippen molar-refractivity contribution in [3.05, 3.63) is 0 Å². The normalized spacial score (nSPS) is 27.7. The number of aliphatic carboxylic acids is 1. The summed E-state index contributed by atoms with van der Waals surface area (Å²) in [5, 5.41) is 8.71. The summed E-state index contributed by atoms with van der Waals surface area (Å²) in [5.41, 5.74) is 0. The maximum Gasteiger partial charge on any atom is 0.320 e. The number of piperazine rings is 1.